The number of pyridine rings is 1. The van der Waals surface area contributed by atoms with Crippen molar-refractivity contribution in [3.05, 3.63) is 53.9 Å². The number of hydrazone groups is 1. The molecule has 8 nitrogen and oxygen atoms in total. The number of carboxylic acid groups (broad SMARTS) is 1. The minimum absolute atomic E-state index is 0.222. The first kappa shape index (κ1) is 17.9. The van der Waals surface area contributed by atoms with Crippen LogP contribution in [0.1, 0.15) is 22.8 Å². The van der Waals surface area contributed by atoms with E-state index in [0.717, 1.165) is 0 Å². The van der Waals surface area contributed by atoms with Crippen molar-refractivity contribution in [3.8, 4) is 11.5 Å². The Morgan fingerprint density at radius 1 is 1.32 bits per heavy atom. The number of amides is 1. The SMILES string of the molecule is COc1cccc(/C=N\NC(=O)c2cccnc2)c1O[C@H](C)C(=O)O. The Labute approximate surface area is 144 Å². The minimum atomic E-state index is -1.11. The summed E-state index contributed by atoms with van der Waals surface area (Å²) in [4.78, 5) is 26.8. The molecule has 8 heteroatoms. The molecule has 0 aliphatic carbocycles. The largest absolute Gasteiger partial charge is 0.493 e. The molecule has 1 amide bonds. The molecule has 0 fully saturated rings. The van der Waals surface area contributed by atoms with Crippen LogP contribution >= 0.6 is 0 Å². The Kier molecular flexibility index (Phi) is 6.05. The molecule has 1 aromatic heterocycles. The number of nitrogens with one attached hydrogen (secondary N) is 1. The fourth-order valence-electron chi connectivity index (χ4n) is 1.87. The Hall–Kier alpha value is -3.42. The van der Waals surface area contributed by atoms with Crippen molar-refractivity contribution in [2.75, 3.05) is 7.11 Å². The third-order valence-electron chi connectivity index (χ3n) is 3.17. The molecule has 0 saturated carbocycles. The van der Waals surface area contributed by atoms with Crippen molar-refractivity contribution in [1.29, 1.82) is 0 Å². The first-order chi connectivity index (χ1) is 12.0. The van der Waals surface area contributed by atoms with Gasteiger partial charge in [-0.1, -0.05) is 6.07 Å². The number of carbonyl (C=O) groups excluding carboxylic acids is 1. The molecule has 0 aliphatic heterocycles. The van der Waals surface area contributed by atoms with Crippen LogP contribution in [-0.4, -0.2) is 41.4 Å². The number of carboxylic acids is 1. The third kappa shape index (κ3) is 4.77. The Bertz CT molecular complexity index is 777. The van der Waals surface area contributed by atoms with Gasteiger partial charge in [0.15, 0.2) is 17.6 Å². The molecule has 2 N–H and O–H groups in total. The maximum atomic E-state index is 11.9. The van der Waals surface area contributed by atoms with Crippen molar-refractivity contribution in [1.82, 2.24) is 10.4 Å². The molecule has 0 saturated heterocycles. The Morgan fingerprint density at radius 3 is 2.76 bits per heavy atom. The summed E-state index contributed by atoms with van der Waals surface area (Å²) in [6.07, 6.45) is 3.25. The van der Waals surface area contributed by atoms with Crippen LogP contribution in [0.2, 0.25) is 0 Å². The van der Waals surface area contributed by atoms with Crippen LogP contribution in [-0.2, 0) is 4.79 Å². The molecule has 0 unspecified atom stereocenters. The van der Waals surface area contributed by atoms with Crippen molar-refractivity contribution < 1.29 is 24.2 Å². The summed E-state index contributed by atoms with van der Waals surface area (Å²) in [5, 5.41) is 12.9. The second kappa shape index (κ2) is 8.44. The first-order valence-electron chi connectivity index (χ1n) is 7.32. The van der Waals surface area contributed by atoms with E-state index in [2.05, 4.69) is 15.5 Å². The van der Waals surface area contributed by atoms with Gasteiger partial charge in [0.25, 0.3) is 5.91 Å². The molecule has 1 aromatic carbocycles. The Balaban J connectivity index is 2.18. The van der Waals surface area contributed by atoms with E-state index in [9.17, 15) is 9.59 Å². The zero-order valence-electron chi connectivity index (χ0n) is 13.7. The maximum absolute atomic E-state index is 11.9. The number of rotatable bonds is 7. The zero-order chi connectivity index (χ0) is 18.2. The fraction of sp³-hybridized carbons (Fsp3) is 0.176. The van der Waals surface area contributed by atoms with Gasteiger partial charge in [0.1, 0.15) is 0 Å². The van der Waals surface area contributed by atoms with E-state index >= 15 is 0 Å². The van der Waals surface area contributed by atoms with E-state index in [1.807, 2.05) is 0 Å². The van der Waals surface area contributed by atoms with Crippen LogP contribution < -0.4 is 14.9 Å². The summed E-state index contributed by atoms with van der Waals surface area (Å²) < 4.78 is 10.6. The quantitative estimate of drug-likeness (QED) is 0.585. The summed E-state index contributed by atoms with van der Waals surface area (Å²) in [6, 6.07) is 8.23. The predicted octanol–water partition coefficient (Wildman–Crippen LogP) is 1.71. The van der Waals surface area contributed by atoms with Crippen molar-refractivity contribution in [2.45, 2.75) is 13.0 Å². The third-order valence-corrected chi connectivity index (χ3v) is 3.17. The van der Waals surface area contributed by atoms with Crippen LogP contribution in [0.25, 0.3) is 0 Å². The second-order valence-corrected chi connectivity index (χ2v) is 4.92. The van der Waals surface area contributed by atoms with Gasteiger partial charge in [-0.25, -0.2) is 10.2 Å². The van der Waals surface area contributed by atoms with E-state index in [0.29, 0.717) is 16.9 Å². The van der Waals surface area contributed by atoms with Gasteiger partial charge in [0, 0.05) is 18.0 Å². The lowest BCUT2D eigenvalue weighted by Crippen LogP contribution is -2.24. The number of nitrogens with zero attached hydrogens (tertiary/aromatic N) is 2. The van der Waals surface area contributed by atoms with E-state index in [-0.39, 0.29) is 5.75 Å². The molecule has 25 heavy (non-hydrogen) atoms. The highest BCUT2D eigenvalue weighted by molar-refractivity contribution is 5.95. The van der Waals surface area contributed by atoms with E-state index in [4.69, 9.17) is 14.6 Å². The molecular formula is C17H17N3O5. The van der Waals surface area contributed by atoms with Gasteiger partial charge >= 0.3 is 5.97 Å². The average Bonchev–Trinajstić information content (AvgIpc) is 2.63. The predicted molar refractivity (Wildman–Crippen MR) is 90.0 cm³/mol. The molecular weight excluding hydrogens is 326 g/mol. The van der Waals surface area contributed by atoms with Gasteiger partial charge in [-0.15, -0.1) is 0 Å². The molecule has 0 aliphatic rings. The summed E-state index contributed by atoms with van der Waals surface area (Å²) in [7, 11) is 1.44. The molecule has 0 bridgehead atoms. The molecule has 1 heterocycles. The van der Waals surface area contributed by atoms with Gasteiger partial charge in [0.2, 0.25) is 0 Å². The molecule has 1 atom stereocenters. The number of aliphatic carboxylic acids is 1. The zero-order valence-corrected chi connectivity index (χ0v) is 13.7. The molecule has 0 spiro atoms. The first-order valence-corrected chi connectivity index (χ1v) is 7.32. The number of benzene rings is 1. The lowest BCUT2D eigenvalue weighted by molar-refractivity contribution is -0.144. The standard InChI is InChI=1S/C17H17N3O5/c1-11(17(22)23)25-15-12(5-3-7-14(15)24-2)10-19-20-16(21)13-6-4-8-18-9-13/h3-11H,1-2H3,(H,20,21)(H,22,23)/b19-10-/t11-/m1/s1. The number of hydrogen-bond acceptors (Lipinski definition) is 6. The van der Waals surface area contributed by atoms with E-state index < -0.39 is 18.0 Å². The highest BCUT2D eigenvalue weighted by Crippen LogP contribution is 2.31. The average molecular weight is 343 g/mol. The lowest BCUT2D eigenvalue weighted by Gasteiger charge is -2.15. The lowest BCUT2D eigenvalue weighted by atomic mass is 10.2. The minimum Gasteiger partial charge on any atom is -0.493 e. The van der Waals surface area contributed by atoms with Gasteiger partial charge < -0.3 is 14.6 Å². The Morgan fingerprint density at radius 2 is 2.12 bits per heavy atom. The highest BCUT2D eigenvalue weighted by Gasteiger charge is 2.18. The smallest absolute Gasteiger partial charge is 0.344 e. The van der Waals surface area contributed by atoms with Gasteiger partial charge in [0.05, 0.1) is 18.9 Å². The normalized spacial score (nSPS) is 11.8. The maximum Gasteiger partial charge on any atom is 0.344 e. The van der Waals surface area contributed by atoms with Gasteiger partial charge in [-0.3, -0.25) is 9.78 Å². The fourth-order valence-corrected chi connectivity index (χ4v) is 1.87. The molecule has 2 aromatic rings. The van der Waals surface area contributed by atoms with Crippen LogP contribution in [0.3, 0.4) is 0 Å². The number of methoxy groups -OCH3 is 1. The molecule has 130 valence electrons. The number of ether oxygens (including phenoxy) is 2. The topological polar surface area (TPSA) is 110 Å². The monoisotopic (exact) mass is 343 g/mol. The summed E-state index contributed by atoms with van der Waals surface area (Å²) in [6.45, 7) is 1.40. The highest BCUT2D eigenvalue weighted by atomic mass is 16.5. The number of aromatic nitrogens is 1. The summed E-state index contributed by atoms with van der Waals surface area (Å²) in [5.74, 6) is -0.956. The second-order valence-electron chi connectivity index (χ2n) is 4.92. The van der Waals surface area contributed by atoms with Crippen molar-refractivity contribution >= 4 is 18.1 Å². The van der Waals surface area contributed by atoms with Gasteiger partial charge in [-0.05, 0) is 31.2 Å². The van der Waals surface area contributed by atoms with Crippen molar-refractivity contribution in [3.63, 3.8) is 0 Å². The number of para-hydroxylation sites is 1. The summed E-state index contributed by atoms with van der Waals surface area (Å²) >= 11 is 0. The molecule has 2 rings (SSSR count). The van der Waals surface area contributed by atoms with Gasteiger partial charge in [-0.2, -0.15) is 5.10 Å². The molecule has 0 radical (unpaired) electrons. The van der Waals surface area contributed by atoms with E-state index in [1.54, 1.807) is 36.5 Å². The van der Waals surface area contributed by atoms with Crippen LogP contribution in [0.15, 0.2) is 47.8 Å². The van der Waals surface area contributed by atoms with Crippen molar-refractivity contribution in [2.24, 2.45) is 5.10 Å². The summed E-state index contributed by atoms with van der Waals surface area (Å²) in [5.41, 5.74) is 3.19. The van der Waals surface area contributed by atoms with Crippen LogP contribution in [0.4, 0.5) is 0 Å². The number of hydrogen-bond donors (Lipinski definition) is 2. The van der Waals surface area contributed by atoms with E-state index in [1.165, 1.54) is 26.4 Å². The van der Waals surface area contributed by atoms with Crippen LogP contribution in [0.5, 0.6) is 11.5 Å². The number of carbonyl (C=O) groups is 2. The van der Waals surface area contributed by atoms with Crippen LogP contribution in [0, 0.1) is 0 Å².